The van der Waals surface area contributed by atoms with Gasteiger partial charge in [-0.2, -0.15) is 13.2 Å². The summed E-state index contributed by atoms with van der Waals surface area (Å²) in [4.78, 5) is 37.0. The van der Waals surface area contributed by atoms with Gasteiger partial charge >= 0.3 is 24.1 Å². The number of esters is 3. The Hall–Kier alpha value is -1.82. The molecule has 8 nitrogen and oxygen atoms in total. The Labute approximate surface area is 157 Å². The van der Waals surface area contributed by atoms with E-state index in [9.17, 15) is 27.6 Å². The minimum Gasteiger partial charge on any atom is -0.463 e. The molecule has 0 aromatic heterocycles. The number of hydrogen-bond donors (Lipinski definition) is 0. The third-order valence-electron chi connectivity index (χ3n) is 3.24. The second-order valence-corrected chi connectivity index (χ2v) is 6.66. The monoisotopic (exact) mass is 415 g/mol. The molecule has 1 aliphatic rings. The van der Waals surface area contributed by atoms with Gasteiger partial charge < -0.3 is 18.9 Å². The van der Waals surface area contributed by atoms with Gasteiger partial charge in [0.1, 0.15) is 24.3 Å². The van der Waals surface area contributed by atoms with Crippen molar-refractivity contribution in [2.75, 3.05) is 13.7 Å². The van der Waals surface area contributed by atoms with Gasteiger partial charge in [0.05, 0.1) is 0 Å². The van der Waals surface area contributed by atoms with Crippen molar-refractivity contribution in [2.45, 2.75) is 57.1 Å². The SMILES string of the molecule is CN=C(SC1C[C@@H](OC(C)=O)[C@H](OC(C)=O)[C@@H](COC(C)=O)O1)C(F)(F)F. The maximum Gasteiger partial charge on any atom is 0.439 e. The number of carbonyl (C=O) groups excluding carboxylic acids is 3. The fraction of sp³-hybridized carbons (Fsp3) is 0.733. The Morgan fingerprint density at radius 2 is 1.70 bits per heavy atom. The molecule has 12 heteroatoms. The lowest BCUT2D eigenvalue weighted by Crippen LogP contribution is -2.53. The number of hydrogen-bond acceptors (Lipinski definition) is 9. The zero-order valence-electron chi connectivity index (χ0n) is 15.1. The van der Waals surface area contributed by atoms with Gasteiger partial charge in [-0.05, 0) is 0 Å². The van der Waals surface area contributed by atoms with Gasteiger partial charge in [0, 0.05) is 34.2 Å². The first-order valence-electron chi connectivity index (χ1n) is 7.78. The maximum atomic E-state index is 13.0. The summed E-state index contributed by atoms with van der Waals surface area (Å²) in [7, 11) is 0.986. The van der Waals surface area contributed by atoms with Crippen molar-refractivity contribution < 1.29 is 46.5 Å². The van der Waals surface area contributed by atoms with Crippen LogP contribution in [0.25, 0.3) is 0 Å². The van der Waals surface area contributed by atoms with E-state index in [0.29, 0.717) is 11.8 Å². The van der Waals surface area contributed by atoms with Crippen molar-refractivity contribution in [1.29, 1.82) is 0 Å². The van der Waals surface area contributed by atoms with Crippen molar-refractivity contribution in [3.63, 3.8) is 0 Å². The van der Waals surface area contributed by atoms with E-state index in [1.165, 1.54) is 0 Å². The van der Waals surface area contributed by atoms with E-state index in [-0.39, 0.29) is 6.42 Å². The molecule has 0 aromatic carbocycles. The summed E-state index contributed by atoms with van der Waals surface area (Å²) in [6.07, 6.45) is -8.22. The van der Waals surface area contributed by atoms with Crippen LogP contribution in [-0.4, -0.2) is 66.5 Å². The van der Waals surface area contributed by atoms with E-state index in [4.69, 9.17) is 18.9 Å². The average Bonchev–Trinajstić information content (AvgIpc) is 2.50. The molecule has 1 rings (SSSR count). The second-order valence-electron chi connectivity index (χ2n) is 5.51. The molecule has 27 heavy (non-hydrogen) atoms. The lowest BCUT2D eigenvalue weighted by molar-refractivity contribution is -0.204. The summed E-state index contributed by atoms with van der Waals surface area (Å²) < 4.78 is 59.4. The highest BCUT2D eigenvalue weighted by molar-refractivity contribution is 8.14. The maximum absolute atomic E-state index is 13.0. The number of alkyl halides is 3. The summed E-state index contributed by atoms with van der Waals surface area (Å²) >= 11 is 0.293. The van der Waals surface area contributed by atoms with Crippen LogP contribution in [0.2, 0.25) is 0 Å². The molecule has 0 radical (unpaired) electrons. The molecule has 1 aliphatic heterocycles. The Bertz CT molecular complexity index is 596. The van der Waals surface area contributed by atoms with E-state index < -0.39 is 59.5 Å². The molecule has 0 N–H and O–H groups in total. The number of rotatable bonds is 5. The van der Waals surface area contributed by atoms with Gasteiger partial charge in [-0.3, -0.25) is 19.4 Å². The Morgan fingerprint density at radius 1 is 1.11 bits per heavy atom. The molecule has 0 spiro atoms. The van der Waals surface area contributed by atoms with Crippen molar-refractivity contribution in [2.24, 2.45) is 4.99 Å². The fourth-order valence-corrected chi connectivity index (χ4v) is 3.32. The van der Waals surface area contributed by atoms with Gasteiger partial charge in [0.25, 0.3) is 0 Å². The smallest absolute Gasteiger partial charge is 0.439 e. The highest BCUT2D eigenvalue weighted by Crippen LogP contribution is 2.36. The summed E-state index contributed by atoms with van der Waals surface area (Å²) in [5.74, 6) is -2.09. The summed E-state index contributed by atoms with van der Waals surface area (Å²) in [6, 6.07) is 0. The van der Waals surface area contributed by atoms with Crippen LogP contribution >= 0.6 is 11.8 Å². The normalized spacial score (nSPS) is 26.3. The van der Waals surface area contributed by atoms with Crippen molar-refractivity contribution in [1.82, 2.24) is 0 Å². The van der Waals surface area contributed by atoms with E-state index in [1.54, 1.807) is 0 Å². The first-order chi connectivity index (χ1) is 12.4. The first-order valence-corrected chi connectivity index (χ1v) is 8.65. The average molecular weight is 415 g/mol. The molecule has 0 bridgehead atoms. The number of halogens is 3. The highest BCUT2D eigenvalue weighted by Gasteiger charge is 2.46. The van der Waals surface area contributed by atoms with Crippen LogP contribution in [0.4, 0.5) is 13.2 Å². The molecule has 0 saturated carbocycles. The third kappa shape index (κ3) is 7.75. The topological polar surface area (TPSA) is 100 Å². The predicted molar refractivity (Wildman–Crippen MR) is 88.0 cm³/mol. The molecule has 154 valence electrons. The van der Waals surface area contributed by atoms with E-state index in [2.05, 4.69) is 4.99 Å². The Balaban J connectivity index is 3.07. The van der Waals surface area contributed by atoms with Crippen LogP contribution in [0.1, 0.15) is 27.2 Å². The number of thioether (sulfide) groups is 1. The van der Waals surface area contributed by atoms with E-state index in [1.807, 2.05) is 0 Å². The molecule has 4 atom stereocenters. The highest BCUT2D eigenvalue weighted by atomic mass is 32.2. The standard InChI is InChI=1S/C15H20F3NO7S/c1-7(20)23-6-11-13(25-9(3)22)10(24-8(2)21)5-12(26-11)27-14(19-4)15(16,17)18/h10-13H,5-6H2,1-4H3/t10-,11-,12?,13+/m1/s1. The summed E-state index contributed by atoms with van der Waals surface area (Å²) in [5.41, 5.74) is -1.12. The molecule has 0 aromatic rings. The number of carbonyl (C=O) groups is 3. The predicted octanol–water partition coefficient (Wildman–Crippen LogP) is 1.85. The van der Waals surface area contributed by atoms with Crippen LogP contribution in [0.3, 0.4) is 0 Å². The zero-order valence-corrected chi connectivity index (χ0v) is 15.9. The van der Waals surface area contributed by atoms with Crippen molar-refractivity contribution >= 4 is 34.7 Å². The quantitative estimate of drug-likeness (QED) is 0.290. The molecule has 0 aliphatic carbocycles. The fourth-order valence-electron chi connectivity index (χ4n) is 2.34. The lowest BCUT2D eigenvalue weighted by atomic mass is 10.0. The molecular weight excluding hydrogens is 395 g/mol. The van der Waals surface area contributed by atoms with E-state index in [0.717, 1.165) is 27.8 Å². The number of nitrogens with zero attached hydrogens (tertiary/aromatic N) is 1. The lowest BCUT2D eigenvalue weighted by Gasteiger charge is -2.40. The molecule has 1 saturated heterocycles. The zero-order chi connectivity index (χ0) is 20.8. The van der Waals surface area contributed by atoms with Gasteiger partial charge in [-0.1, -0.05) is 11.8 Å². The third-order valence-corrected chi connectivity index (χ3v) is 4.45. The Kier molecular flexibility index (Phi) is 8.54. The summed E-state index contributed by atoms with van der Waals surface area (Å²) in [6.45, 7) is 2.95. The molecule has 1 heterocycles. The van der Waals surface area contributed by atoms with E-state index >= 15 is 0 Å². The minimum atomic E-state index is -4.68. The van der Waals surface area contributed by atoms with Crippen LogP contribution in [-0.2, 0) is 33.3 Å². The van der Waals surface area contributed by atoms with Crippen molar-refractivity contribution in [3.8, 4) is 0 Å². The molecule has 1 unspecified atom stereocenters. The van der Waals surface area contributed by atoms with Crippen LogP contribution in [0, 0.1) is 0 Å². The second kappa shape index (κ2) is 9.93. The number of aliphatic imine (C=N–C) groups is 1. The van der Waals surface area contributed by atoms with Crippen LogP contribution in [0.15, 0.2) is 4.99 Å². The van der Waals surface area contributed by atoms with Gasteiger partial charge in [0.2, 0.25) is 0 Å². The van der Waals surface area contributed by atoms with Gasteiger partial charge in [-0.25, -0.2) is 0 Å². The van der Waals surface area contributed by atoms with Crippen LogP contribution < -0.4 is 0 Å². The van der Waals surface area contributed by atoms with Crippen LogP contribution in [0.5, 0.6) is 0 Å². The molecule has 0 amide bonds. The van der Waals surface area contributed by atoms with Gasteiger partial charge in [-0.15, -0.1) is 0 Å². The molecular formula is C15H20F3NO7S. The first kappa shape index (κ1) is 23.2. The largest absolute Gasteiger partial charge is 0.463 e. The molecule has 1 fully saturated rings. The minimum absolute atomic E-state index is 0.187. The Morgan fingerprint density at radius 3 is 2.15 bits per heavy atom. The number of ether oxygens (including phenoxy) is 4. The summed E-state index contributed by atoms with van der Waals surface area (Å²) in [5, 5.41) is -1.13. The van der Waals surface area contributed by atoms with Crippen molar-refractivity contribution in [3.05, 3.63) is 0 Å². The van der Waals surface area contributed by atoms with Gasteiger partial charge in [0.15, 0.2) is 11.1 Å².